The summed E-state index contributed by atoms with van der Waals surface area (Å²) in [6, 6.07) is 0. The molecule has 18 heavy (non-hydrogen) atoms. The van der Waals surface area contributed by atoms with Gasteiger partial charge in [-0.15, -0.1) is 0 Å². The highest BCUT2D eigenvalue weighted by atomic mass is 16.5. The van der Waals surface area contributed by atoms with Crippen molar-refractivity contribution in [2.45, 2.75) is 53.2 Å². The highest BCUT2D eigenvalue weighted by Gasteiger charge is 2.23. The Morgan fingerprint density at radius 3 is 2.50 bits per heavy atom. The Morgan fingerprint density at radius 1 is 1.33 bits per heavy atom. The molecule has 0 radical (unpaired) electrons. The zero-order valence-corrected chi connectivity index (χ0v) is 11.6. The summed E-state index contributed by atoms with van der Waals surface area (Å²) in [7, 11) is 0. The summed E-state index contributed by atoms with van der Waals surface area (Å²) in [5.41, 5.74) is 0.621. The lowest BCUT2D eigenvalue weighted by Gasteiger charge is -2.03. The molecule has 0 saturated carbocycles. The van der Waals surface area contributed by atoms with Gasteiger partial charge < -0.3 is 13.9 Å². The van der Waals surface area contributed by atoms with Crippen molar-refractivity contribution in [2.24, 2.45) is 0 Å². The van der Waals surface area contributed by atoms with Crippen LogP contribution in [0.4, 0.5) is 0 Å². The van der Waals surface area contributed by atoms with Gasteiger partial charge in [0.15, 0.2) is 0 Å². The molecule has 0 unspecified atom stereocenters. The minimum absolute atomic E-state index is 0.0884. The maximum Gasteiger partial charge on any atom is 0.376 e. The molecule has 0 spiro atoms. The fourth-order valence-corrected chi connectivity index (χ4v) is 1.41. The summed E-state index contributed by atoms with van der Waals surface area (Å²) in [4.78, 5) is 16.0. The molecule has 0 N–H and O–H groups in total. The molecule has 0 bridgehead atoms. The second kappa shape index (κ2) is 6.54. The van der Waals surface area contributed by atoms with Crippen molar-refractivity contribution < 1.29 is 18.7 Å². The lowest BCUT2D eigenvalue weighted by Crippen LogP contribution is -2.07. The van der Waals surface area contributed by atoms with E-state index in [9.17, 15) is 4.79 Å². The first-order valence-electron chi connectivity index (χ1n) is 6.24. The van der Waals surface area contributed by atoms with E-state index in [1.807, 2.05) is 27.7 Å². The second-order valence-corrected chi connectivity index (χ2v) is 4.56. The average molecular weight is 255 g/mol. The van der Waals surface area contributed by atoms with E-state index in [-0.39, 0.29) is 24.4 Å². The van der Waals surface area contributed by atoms with Gasteiger partial charge in [0.05, 0.1) is 18.4 Å². The van der Waals surface area contributed by atoms with Gasteiger partial charge in [-0.05, 0) is 26.7 Å². The van der Waals surface area contributed by atoms with Crippen molar-refractivity contribution in [3.63, 3.8) is 0 Å². The molecule has 0 aliphatic rings. The zero-order chi connectivity index (χ0) is 13.7. The standard InChI is InChI=1S/C13H21NO4/c1-6-16-13(15)12-11(8(2)3)14-10(18-12)7-17-9(4)5/h8-9H,6-7H2,1-5H3. The number of rotatable bonds is 6. The van der Waals surface area contributed by atoms with Crippen molar-refractivity contribution in [3.8, 4) is 0 Å². The van der Waals surface area contributed by atoms with Crippen LogP contribution < -0.4 is 0 Å². The van der Waals surface area contributed by atoms with Crippen molar-refractivity contribution in [3.05, 3.63) is 17.3 Å². The molecule has 0 aliphatic carbocycles. The van der Waals surface area contributed by atoms with E-state index in [2.05, 4.69) is 4.98 Å². The Hall–Kier alpha value is -1.36. The molecule has 0 aliphatic heterocycles. The number of esters is 1. The van der Waals surface area contributed by atoms with Crippen molar-refractivity contribution in [1.29, 1.82) is 0 Å². The number of nitrogens with zero attached hydrogens (tertiary/aromatic N) is 1. The molecule has 1 aromatic rings. The number of oxazole rings is 1. The number of carbonyl (C=O) groups excluding carboxylic acids is 1. The normalized spacial score (nSPS) is 11.3. The van der Waals surface area contributed by atoms with Gasteiger partial charge in [-0.3, -0.25) is 0 Å². The van der Waals surface area contributed by atoms with E-state index in [4.69, 9.17) is 13.9 Å². The van der Waals surface area contributed by atoms with Crippen LogP contribution in [0.15, 0.2) is 4.42 Å². The van der Waals surface area contributed by atoms with Crippen LogP contribution in [0.1, 0.15) is 62.7 Å². The summed E-state index contributed by atoms with van der Waals surface area (Å²) in [6.45, 7) is 10.1. The number of ether oxygens (including phenoxy) is 2. The SMILES string of the molecule is CCOC(=O)c1oc(COC(C)C)nc1C(C)C. The summed E-state index contributed by atoms with van der Waals surface area (Å²) >= 11 is 0. The predicted molar refractivity (Wildman–Crippen MR) is 66.5 cm³/mol. The number of hydrogen-bond donors (Lipinski definition) is 0. The predicted octanol–water partition coefficient (Wildman–Crippen LogP) is 2.90. The van der Waals surface area contributed by atoms with Crippen LogP contribution >= 0.6 is 0 Å². The molecule has 0 saturated heterocycles. The van der Waals surface area contributed by atoms with E-state index in [1.54, 1.807) is 6.92 Å². The molecule has 1 aromatic heterocycles. The lowest BCUT2D eigenvalue weighted by molar-refractivity contribution is 0.0429. The van der Waals surface area contributed by atoms with E-state index >= 15 is 0 Å². The van der Waals surface area contributed by atoms with Crippen molar-refractivity contribution in [2.75, 3.05) is 6.61 Å². The van der Waals surface area contributed by atoms with Crippen LogP contribution in [-0.4, -0.2) is 23.7 Å². The first-order valence-corrected chi connectivity index (χ1v) is 6.24. The van der Waals surface area contributed by atoms with E-state index in [0.29, 0.717) is 18.2 Å². The zero-order valence-electron chi connectivity index (χ0n) is 11.6. The van der Waals surface area contributed by atoms with Gasteiger partial charge >= 0.3 is 5.97 Å². The van der Waals surface area contributed by atoms with Gasteiger partial charge in [0.2, 0.25) is 11.7 Å². The number of aromatic nitrogens is 1. The van der Waals surface area contributed by atoms with Crippen LogP contribution in [-0.2, 0) is 16.1 Å². The minimum Gasteiger partial charge on any atom is -0.460 e. The Morgan fingerprint density at radius 2 is 2.00 bits per heavy atom. The molecule has 0 amide bonds. The van der Waals surface area contributed by atoms with Gasteiger partial charge in [0.1, 0.15) is 6.61 Å². The largest absolute Gasteiger partial charge is 0.460 e. The van der Waals surface area contributed by atoms with Crippen LogP contribution in [0.25, 0.3) is 0 Å². The Labute approximate surface area is 107 Å². The fraction of sp³-hybridized carbons (Fsp3) is 0.692. The quantitative estimate of drug-likeness (QED) is 0.731. The summed E-state index contributed by atoms with van der Waals surface area (Å²) in [5.74, 6) is 0.232. The maximum absolute atomic E-state index is 11.7. The molecular weight excluding hydrogens is 234 g/mol. The van der Waals surface area contributed by atoms with Gasteiger partial charge in [-0.1, -0.05) is 13.8 Å². The Bertz CT molecular complexity index is 396. The van der Waals surface area contributed by atoms with Gasteiger partial charge in [-0.25, -0.2) is 9.78 Å². The third kappa shape index (κ3) is 3.84. The number of carbonyl (C=O) groups is 1. The fourth-order valence-electron chi connectivity index (χ4n) is 1.41. The summed E-state index contributed by atoms with van der Waals surface area (Å²) in [6.07, 6.45) is 0.0884. The maximum atomic E-state index is 11.7. The van der Waals surface area contributed by atoms with Crippen LogP contribution in [0.3, 0.4) is 0 Å². The first kappa shape index (κ1) is 14.7. The highest BCUT2D eigenvalue weighted by Crippen LogP contribution is 2.21. The van der Waals surface area contributed by atoms with E-state index in [0.717, 1.165) is 0 Å². The van der Waals surface area contributed by atoms with Gasteiger partial charge in [0, 0.05) is 0 Å². The van der Waals surface area contributed by atoms with Crippen molar-refractivity contribution >= 4 is 5.97 Å². The molecule has 1 heterocycles. The highest BCUT2D eigenvalue weighted by molar-refractivity contribution is 5.87. The average Bonchev–Trinajstić information content (AvgIpc) is 2.71. The van der Waals surface area contributed by atoms with E-state index < -0.39 is 5.97 Å². The molecule has 5 heteroatoms. The van der Waals surface area contributed by atoms with Gasteiger partial charge in [0.25, 0.3) is 0 Å². The van der Waals surface area contributed by atoms with Crippen molar-refractivity contribution in [1.82, 2.24) is 4.98 Å². The second-order valence-electron chi connectivity index (χ2n) is 4.56. The molecule has 0 atom stereocenters. The Kier molecular flexibility index (Phi) is 5.34. The molecular formula is C13H21NO4. The topological polar surface area (TPSA) is 61.6 Å². The molecule has 0 fully saturated rings. The lowest BCUT2D eigenvalue weighted by atomic mass is 10.1. The smallest absolute Gasteiger partial charge is 0.376 e. The molecule has 1 rings (SSSR count). The molecule has 0 aromatic carbocycles. The van der Waals surface area contributed by atoms with Crippen LogP contribution in [0.2, 0.25) is 0 Å². The van der Waals surface area contributed by atoms with Crippen LogP contribution in [0.5, 0.6) is 0 Å². The number of hydrogen-bond acceptors (Lipinski definition) is 5. The Balaban J connectivity index is 2.90. The third-order valence-corrected chi connectivity index (χ3v) is 2.25. The minimum atomic E-state index is -0.468. The monoisotopic (exact) mass is 255 g/mol. The first-order chi connectivity index (χ1) is 8.45. The molecule has 5 nitrogen and oxygen atoms in total. The third-order valence-electron chi connectivity index (χ3n) is 2.25. The summed E-state index contributed by atoms with van der Waals surface area (Å²) < 4.78 is 15.8. The van der Waals surface area contributed by atoms with Crippen LogP contribution in [0, 0.1) is 0 Å². The molecule has 102 valence electrons. The van der Waals surface area contributed by atoms with Gasteiger partial charge in [-0.2, -0.15) is 0 Å². The summed E-state index contributed by atoms with van der Waals surface area (Å²) in [5, 5.41) is 0. The van der Waals surface area contributed by atoms with E-state index in [1.165, 1.54) is 0 Å².